The zero-order chi connectivity index (χ0) is 28.6. The largest absolute Gasteiger partial charge is 0.469 e. The molecule has 0 spiro atoms. The number of methoxy groups -OCH3 is 2. The van der Waals surface area contributed by atoms with Crippen LogP contribution in [0.25, 0.3) is 0 Å². The van der Waals surface area contributed by atoms with Gasteiger partial charge in [-0.3, -0.25) is 28.8 Å². The molecule has 0 aromatic carbocycles. The molecular formula is C28H38N4O8. The maximum atomic E-state index is 13.0. The summed E-state index contributed by atoms with van der Waals surface area (Å²) < 4.78 is 9.57. The van der Waals surface area contributed by atoms with Crippen LogP contribution in [0.5, 0.6) is 0 Å². The fourth-order valence-electron chi connectivity index (χ4n) is 6.16. The number of hydrogen-bond donors (Lipinski definition) is 4. The predicted molar refractivity (Wildman–Crippen MR) is 139 cm³/mol. The van der Waals surface area contributed by atoms with Crippen LogP contribution in [0.1, 0.15) is 51.4 Å². The van der Waals surface area contributed by atoms with E-state index in [1.54, 1.807) is 12.2 Å². The molecule has 0 heterocycles. The first kappa shape index (κ1) is 28.1. The van der Waals surface area contributed by atoms with Crippen molar-refractivity contribution in [2.24, 2.45) is 35.5 Å². The highest BCUT2D eigenvalue weighted by Gasteiger charge is 2.46. The topological polar surface area (TPSA) is 169 Å². The van der Waals surface area contributed by atoms with Gasteiger partial charge in [-0.05, 0) is 51.4 Å². The van der Waals surface area contributed by atoms with Crippen molar-refractivity contribution in [3.8, 4) is 0 Å². The number of amides is 4. The van der Waals surface area contributed by atoms with Crippen LogP contribution in [0, 0.1) is 35.5 Å². The van der Waals surface area contributed by atoms with Gasteiger partial charge in [0.25, 0.3) is 0 Å². The van der Waals surface area contributed by atoms with Gasteiger partial charge in [0.15, 0.2) is 0 Å². The molecule has 4 fully saturated rings. The highest BCUT2D eigenvalue weighted by Crippen LogP contribution is 2.35. The maximum absolute atomic E-state index is 13.0. The molecule has 10 atom stereocenters. The first-order chi connectivity index (χ1) is 19.2. The maximum Gasteiger partial charge on any atom is 0.310 e. The van der Waals surface area contributed by atoms with Crippen molar-refractivity contribution in [2.75, 3.05) is 14.2 Å². The minimum atomic E-state index is -0.636. The summed E-state index contributed by atoms with van der Waals surface area (Å²) in [5.74, 6) is -4.27. The Hall–Kier alpha value is -3.44. The molecule has 0 aromatic heterocycles. The van der Waals surface area contributed by atoms with Crippen LogP contribution >= 0.6 is 0 Å². The second-order valence-corrected chi connectivity index (χ2v) is 11.7. The van der Waals surface area contributed by atoms with Gasteiger partial charge in [-0.1, -0.05) is 12.2 Å². The quantitative estimate of drug-likeness (QED) is 0.210. The molecule has 0 aromatic rings. The van der Waals surface area contributed by atoms with E-state index in [4.69, 9.17) is 9.47 Å². The van der Waals surface area contributed by atoms with Crippen LogP contribution in [-0.2, 0) is 38.2 Å². The highest BCUT2D eigenvalue weighted by molar-refractivity contribution is 5.94. The van der Waals surface area contributed by atoms with Crippen molar-refractivity contribution < 1.29 is 38.2 Å². The summed E-state index contributed by atoms with van der Waals surface area (Å²) in [7, 11) is 2.67. The fourth-order valence-corrected chi connectivity index (χ4v) is 6.16. The second kappa shape index (κ2) is 11.6. The molecule has 12 nitrogen and oxygen atoms in total. The fraction of sp³-hybridized carbons (Fsp3) is 0.714. The van der Waals surface area contributed by atoms with Gasteiger partial charge >= 0.3 is 11.9 Å². The molecule has 5 aliphatic carbocycles. The average Bonchev–Trinajstić information content (AvgIpc) is 2.84. The Labute approximate surface area is 232 Å². The number of hydrogen-bond acceptors (Lipinski definition) is 8. The molecular weight excluding hydrogens is 520 g/mol. The summed E-state index contributed by atoms with van der Waals surface area (Å²) in [5.41, 5.74) is 0. The average molecular weight is 559 g/mol. The van der Waals surface area contributed by atoms with Crippen molar-refractivity contribution in [2.45, 2.75) is 75.5 Å². The van der Waals surface area contributed by atoms with Crippen molar-refractivity contribution in [3.05, 3.63) is 12.2 Å². The highest BCUT2D eigenvalue weighted by atomic mass is 16.5. The molecule has 0 saturated heterocycles. The lowest BCUT2D eigenvalue weighted by atomic mass is 9.74. The lowest BCUT2D eigenvalue weighted by Crippen LogP contribution is -2.60. The number of carbonyl (C=O) groups is 6. The second-order valence-electron chi connectivity index (χ2n) is 11.7. The predicted octanol–water partition coefficient (Wildman–Crippen LogP) is -0.286. The monoisotopic (exact) mass is 558 g/mol. The Balaban J connectivity index is 1.05. The Bertz CT molecular complexity index is 1020. The smallest absolute Gasteiger partial charge is 0.310 e. The van der Waals surface area contributed by atoms with Crippen LogP contribution in [-0.4, -0.2) is 74.0 Å². The van der Waals surface area contributed by atoms with E-state index in [0.29, 0.717) is 38.5 Å². The van der Waals surface area contributed by atoms with Crippen molar-refractivity contribution in [1.29, 1.82) is 0 Å². The third-order valence-electron chi connectivity index (χ3n) is 9.61. The molecule has 4 N–H and O–H groups in total. The van der Waals surface area contributed by atoms with E-state index in [1.165, 1.54) is 14.2 Å². The Morgan fingerprint density at radius 3 is 1.02 bits per heavy atom. The van der Waals surface area contributed by atoms with Gasteiger partial charge in [-0.25, -0.2) is 0 Å². The lowest BCUT2D eigenvalue weighted by molar-refractivity contribution is -0.152. The van der Waals surface area contributed by atoms with Gasteiger partial charge < -0.3 is 30.7 Å². The molecule has 4 saturated carbocycles. The molecule has 0 aliphatic heterocycles. The minimum Gasteiger partial charge on any atom is -0.469 e. The van der Waals surface area contributed by atoms with Crippen LogP contribution in [0.15, 0.2) is 12.2 Å². The number of ether oxygens (including phenoxy) is 2. The molecule has 0 bridgehead atoms. The van der Waals surface area contributed by atoms with Gasteiger partial charge in [0, 0.05) is 24.2 Å². The molecule has 4 amide bonds. The number of esters is 2. The Morgan fingerprint density at radius 2 is 0.775 bits per heavy atom. The number of nitrogens with one attached hydrogen (secondary N) is 4. The number of rotatable bonds is 10. The number of carbonyl (C=O) groups excluding carboxylic acids is 6. The molecule has 40 heavy (non-hydrogen) atoms. The standard InChI is InChI=1S/C28H38N4O8/c1-39-27(37)17-7-11-21(17)31-25(35)15-5-9-19(15)29-23(33)13-3-4-14(13)24(34)30-20-10-6-16(20)26(36)32-22-12-8-18(22)28(38)40-2/h3-4,13-22H,5-12H2,1-2H3,(H,29,33)(H,30,34)(H,31,35)(H,32,36)/t13-,14+,15-,16-,17-,18-,19+,20+,21+,22+/m1/s1. The van der Waals surface area contributed by atoms with E-state index >= 15 is 0 Å². The van der Waals surface area contributed by atoms with Crippen molar-refractivity contribution in [3.63, 3.8) is 0 Å². The van der Waals surface area contributed by atoms with E-state index in [1.807, 2.05) is 0 Å². The van der Waals surface area contributed by atoms with Crippen LogP contribution < -0.4 is 21.3 Å². The Morgan fingerprint density at radius 1 is 0.475 bits per heavy atom. The molecule has 12 heteroatoms. The van der Waals surface area contributed by atoms with E-state index in [-0.39, 0.29) is 83.4 Å². The summed E-state index contributed by atoms with van der Waals surface area (Å²) >= 11 is 0. The summed E-state index contributed by atoms with van der Waals surface area (Å²) in [4.78, 5) is 75.0. The SMILES string of the molecule is COC(=O)[C@@H]1CC[C@@H]1NC(=O)[C@@H]1CC[C@@H]1NC(=O)[C@H]1C=C[C@H]1C(=O)N[C@H]1CC[C@H]1C(=O)N[C@H]1CC[C@H]1C(=O)OC. The lowest BCUT2D eigenvalue weighted by Gasteiger charge is -2.42. The molecule has 218 valence electrons. The van der Waals surface area contributed by atoms with Gasteiger partial charge in [-0.15, -0.1) is 0 Å². The molecule has 0 unspecified atom stereocenters. The molecule has 5 rings (SSSR count). The third-order valence-corrected chi connectivity index (χ3v) is 9.61. The van der Waals surface area contributed by atoms with E-state index in [0.717, 1.165) is 12.8 Å². The van der Waals surface area contributed by atoms with Crippen LogP contribution in [0.4, 0.5) is 0 Å². The van der Waals surface area contributed by atoms with Crippen LogP contribution in [0.2, 0.25) is 0 Å². The minimum absolute atomic E-state index is 0.178. The van der Waals surface area contributed by atoms with Crippen molar-refractivity contribution in [1.82, 2.24) is 21.3 Å². The summed E-state index contributed by atoms with van der Waals surface area (Å²) in [6, 6.07) is -1.11. The summed E-state index contributed by atoms with van der Waals surface area (Å²) in [6.07, 6.45) is 8.78. The van der Waals surface area contributed by atoms with Gasteiger partial charge in [0.2, 0.25) is 23.6 Å². The van der Waals surface area contributed by atoms with Gasteiger partial charge in [0.05, 0.1) is 49.7 Å². The summed E-state index contributed by atoms with van der Waals surface area (Å²) in [6.45, 7) is 0. The molecule has 0 radical (unpaired) electrons. The summed E-state index contributed by atoms with van der Waals surface area (Å²) in [5, 5.41) is 11.7. The van der Waals surface area contributed by atoms with Crippen LogP contribution in [0.3, 0.4) is 0 Å². The molecule has 5 aliphatic rings. The first-order valence-corrected chi connectivity index (χ1v) is 14.3. The van der Waals surface area contributed by atoms with Gasteiger partial charge in [0.1, 0.15) is 0 Å². The van der Waals surface area contributed by atoms with E-state index in [9.17, 15) is 28.8 Å². The van der Waals surface area contributed by atoms with Gasteiger partial charge in [-0.2, -0.15) is 0 Å². The zero-order valence-corrected chi connectivity index (χ0v) is 22.9. The third kappa shape index (κ3) is 5.32. The zero-order valence-electron chi connectivity index (χ0n) is 22.9. The van der Waals surface area contributed by atoms with E-state index < -0.39 is 11.8 Å². The first-order valence-electron chi connectivity index (χ1n) is 14.3. The normalized spacial score (nSPS) is 37.0. The Kier molecular flexibility index (Phi) is 8.14. The van der Waals surface area contributed by atoms with Crippen molar-refractivity contribution >= 4 is 35.6 Å². The van der Waals surface area contributed by atoms with E-state index in [2.05, 4.69) is 21.3 Å².